The molecule has 1 aromatic heterocycles. The molecule has 0 fully saturated rings. The highest BCUT2D eigenvalue weighted by atomic mass is 19.1. The molecule has 0 radical (unpaired) electrons. The van der Waals surface area contributed by atoms with Gasteiger partial charge in [0.25, 0.3) is 0 Å². The van der Waals surface area contributed by atoms with Gasteiger partial charge in [-0.2, -0.15) is 4.39 Å². The Bertz CT molecular complexity index is 1150. The summed E-state index contributed by atoms with van der Waals surface area (Å²) in [6, 6.07) is 12.8. The predicted octanol–water partition coefficient (Wildman–Crippen LogP) is 5.22. The third-order valence-electron chi connectivity index (χ3n) is 5.28. The molecular weight excluding hydrogens is 414 g/mol. The normalized spacial score (nSPS) is 10.7. The van der Waals surface area contributed by atoms with Gasteiger partial charge in [-0.25, -0.2) is 9.37 Å². The molecular formula is C25H24F2N2O3. The molecule has 0 bridgehead atoms. The third kappa shape index (κ3) is 4.99. The third-order valence-corrected chi connectivity index (χ3v) is 5.28. The van der Waals surface area contributed by atoms with Crippen molar-refractivity contribution in [1.29, 1.82) is 0 Å². The molecule has 1 amide bonds. The van der Waals surface area contributed by atoms with Gasteiger partial charge in [0.05, 0.1) is 18.4 Å². The topological polar surface area (TPSA) is 59.5 Å². The Hall–Kier alpha value is -3.61. The van der Waals surface area contributed by atoms with Gasteiger partial charge in [0.15, 0.2) is 5.78 Å². The average molecular weight is 438 g/mol. The van der Waals surface area contributed by atoms with Crippen LogP contribution in [0.3, 0.4) is 0 Å². The summed E-state index contributed by atoms with van der Waals surface area (Å²) in [5, 5.41) is 0. The van der Waals surface area contributed by atoms with Crippen molar-refractivity contribution in [3.8, 4) is 16.9 Å². The molecule has 5 nitrogen and oxygen atoms in total. The highest BCUT2D eigenvalue weighted by Gasteiger charge is 2.17. The SMILES string of the molecule is CCC(=O)N(C)c1ccc(-c2ccc(C(=O)CCc3cccnc3F)c(OC)c2)cc1F. The molecule has 0 saturated heterocycles. The minimum atomic E-state index is -0.584. The number of amides is 1. The van der Waals surface area contributed by atoms with E-state index >= 15 is 0 Å². The molecule has 0 saturated carbocycles. The smallest absolute Gasteiger partial charge is 0.226 e. The number of aryl methyl sites for hydroxylation is 1. The minimum absolute atomic E-state index is 0.0967. The number of hydrogen-bond acceptors (Lipinski definition) is 4. The number of nitrogens with zero attached hydrogens (tertiary/aromatic N) is 2. The summed E-state index contributed by atoms with van der Waals surface area (Å²) in [4.78, 5) is 29.4. The quantitative estimate of drug-likeness (QED) is 0.357. The molecule has 0 aliphatic rings. The average Bonchev–Trinajstić information content (AvgIpc) is 2.81. The van der Waals surface area contributed by atoms with Crippen molar-refractivity contribution in [1.82, 2.24) is 4.98 Å². The second-order valence-electron chi connectivity index (χ2n) is 7.26. The van der Waals surface area contributed by atoms with E-state index in [2.05, 4.69) is 4.98 Å². The second kappa shape index (κ2) is 10.1. The van der Waals surface area contributed by atoms with E-state index in [-0.39, 0.29) is 36.6 Å². The Morgan fingerprint density at radius 2 is 1.78 bits per heavy atom. The minimum Gasteiger partial charge on any atom is -0.496 e. The van der Waals surface area contributed by atoms with Crippen molar-refractivity contribution in [2.75, 3.05) is 19.1 Å². The molecule has 1 heterocycles. The fourth-order valence-corrected chi connectivity index (χ4v) is 3.42. The lowest BCUT2D eigenvalue weighted by molar-refractivity contribution is -0.118. The first-order chi connectivity index (χ1) is 15.3. The number of Topliss-reactive ketones (excluding diaryl/α,β-unsaturated/α-hetero) is 1. The maximum absolute atomic E-state index is 14.7. The summed E-state index contributed by atoms with van der Waals surface area (Å²) in [7, 11) is 2.98. The van der Waals surface area contributed by atoms with Crippen molar-refractivity contribution in [3.63, 3.8) is 0 Å². The zero-order valence-corrected chi connectivity index (χ0v) is 18.2. The van der Waals surface area contributed by atoms with Gasteiger partial charge in [-0.1, -0.05) is 25.1 Å². The molecule has 7 heteroatoms. The number of ketones is 1. The van der Waals surface area contributed by atoms with E-state index in [1.807, 2.05) is 0 Å². The maximum Gasteiger partial charge on any atom is 0.226 e. The first kappa shape index (κ1) is 23.1. The zero-order chi connectivity index (χ0) is 23.3. The van der Waals surface area contributed by atoms with E-state index in [4.69, 9.17) is 4.74 Å². The monoisotopic (exact) mass is 438 g/mol. The number of ether oxygens (including phenoxy) is 1. The van der Waals surface area contributed by atoms with Gasteiger partial charge in [0, 0.05) is 31.6 Å². The summed E-state index contributed by atoms with van der Waals surface area (Å²) in [5.41, 5.74) is 2.18. The number of anilines is 1. The van der Waals surface area contributed by atoms with Crippen LogP contribution in [0.25, 0.3) is 11.1 Å². The summed E-state index contributed by atoms with van der Waals surface area (Å²) in [5.74, 6) is -1.14. The summed E-state index contributed by atoms with van der Waals surface area (Å²) in [6.07, 6.45) is 1.95. The molecule has 2 aromatic carbocycles. The Labute approximate surface area is 185 Å². The lowest BCUT2D eigenvalue weighted by atomic mass is 9.98. The Morgan fingerprint density at radius 3 is 2.44 bits per heavy atom. The number of rotatable bonds is 8. The van der Waals surface area contributed by atoms with E-state index < -0.39 is 11.8 Å². The molecule has 0 aliphatic heterocycles. The highest BCUT2D eigenvalue weighted by molar-refractivity contribution is 5.99. The number of benzene rings is 2. The van der Waals surface area contributed by atoms with Gasteiger partial charge in [-0.3, -0.25) is 9.59 Å². The summed E-state index contributed by atoms with van der Waals surface area (Å²) in [6.45, 7) is 1.72. The van der Waals surface area contributed by atoms with Gasteiger partial charge in [-0.15, -0.1) is 0 Å². The molecule has 3 aromatic rings. The fourth-order valence-electron chi connectivity index (χ4n) is 3.42. The largest absolute Gasteiger partial charge is 0.496 e. The Kier molecular flexibility index (Phi) is 7.30. The van der Waals surface area contributed by atoms with Crippen LogP contribution in [0.15, 0.2) is 54.7 Å². The van der Waals surface area contributed by atoms with Crippen molar-refractivity contribution >= 4 is 17.4 Å². The van der Waals surface area contributed by atoms with E-state index in [1.165, 1.54) is 31.3 Å². The predicted molar refractivity (Wildman–Crippen MR) is 119 cm³/mol. The van der Waals surface area contributed by atoms with Crippen molar-refractivity contribution in [2.24, 2.45) is 0 Å². The van der Waals surface area contributed by atoms with Gasteiger partial charge < -0.3 is 9.64 Å². The number of carbonyl (C=O) groups excluding carboxylic acids is 2. The lowest BCUT2D eigenvalue weighted by Gasteiger charge is -2.18. The number of halogens is 2. The highest BCUT2D eigenvalue weighted by Crippen LogP contribution is 2.31. The molecule has 3 rings (SSSR count). The lowest BCUT2D eigenvalue weighted by Crippen LogP contribution is -2.25. The van der Waals surface area contributed by atoms with Crippen LogP contribution in [0.4, 0.5) is 14.5 Å². The summed E-state index contributed by atoms with van der Waals surface area (Å²) < 4.78 is 33.7. The molecule has 166 valence electrons. The second-order valence-corrected chi connectivity index (χ2v) is 7.26. The fraction of sp³-hybridized carbons (Fsp3) is 0.240. The standard InChI is InChI=1S/C25H24F2N2O3/c1-4-24(31)29(2)21-11-8-17(14-20(21)26)18-7-10-19(23(15-18)32-3)22(30)12-9-16-6-5-13-28-25(16)27/h5-8,10-11,13-15H,4,9,12H2,1-3H3. The van der Waals surface area contributed by atoms with Gasteiger partial charge >= 0.3 is 0 Å². The first-order valence-electron chi connectivity index (χ1n) is 10.2. The van der Waals surface area contributed by atoms with Gasteiger partial charge in [-0.05, 0) is 47.9 Å². The molecule has 0 spiro atoms. The zero-order valence-electron chi connectivity index (χ0n) is 18.2. The maximum atomic E-state index is 14.7. The first-order valence-corrected chi connectivity index (χ1v) is 10.2. The number of hydrogen-bond donors (Lipinski definition) is 0. The molecule has 32 heavy (non-hydrogen) atoms. The van der Waals surface area contributed by atoms with Gasteiger partial charge in [0.1, 0.15) is 11.6 Å². The van der Waals surface area contributed by atoms with Crippen LogP contribution >= 0.6 is 0 Å². The van der Waals surface area contributed by atoms with Crippen LogP contribution in [0.2, 0.25) is 0 Å². The van der Waals surface area contributed by atoms with Crippen LogP contribution < -0.4 is 9.64 Å². The van der Waals surface area contributed by atoms with Crippen LogP contribution in [0, 0.1) is 11.8 Å². The number of aromatic nitrogens is 1. The van der Waals surface area contributed by atoms with Crippen molar-refractivity contribution in [2.45, 2.75) is 26.2 Å². The van der Waals surface area contributed by atoms with E-state index in [0.29, 0.717) is 28.0 Å². The Balaban J connectivity index is 1.82. The summed E-state index contributed by atoms with van der Waals surface area (Å²) >= 11 is 0. The number of methoxy groups -OCH3 is 1. The van der Waals surface area contributed by atoms with E-state index in [1.54, 1.807) is 49.4 Å². The molecule has 0 N–H and O–H groups in total. The van der Waals surface area contributed by atoms with Crippen molar-refractivity contribution in [3.05, 3.63) is 77.6 Å². The van der Waals surface area contributed by atoms with Gasteiger partial charge in [0.2, 0.25) is 11.9 Å². The van der Waals surface area contributed by atoms with Crippen molar-refractivity contribution < 1.29 is 23.1 Å². The molecule has 0 unspecified atom stereocenters. The van der Waals surface area contributed by atoms with Crippen LogP contribution in [-0.4, -0.2) is 30.8 Å². The van der Waals surface area contributed by atoms with Crippen LogP contribution in [0.5, 0.6) is 5.75 Å². The van der Waals surface area contributed by atoms with Crippen LogP contribution in [-0.2, 0) is 11.2 Å². The molecule has 0 atom stereocenters. The van der Waals surface area contributed by atoms with E-state index in [9.17, 15) is 18.4 Å². The number of carbonyl (C=O) groups is 2. The van der Waals surface area contributed by atoms with Crippen LogP contribution in [0.1, 0.15) is 35.7 Å². The number of pyridine rings is 1. The molecule has 0 aliphatic carbocycles. The Morgan fingerprint density at radius 1 is 1.06 bits per heavy atom. The van der Waals surface area contributed by atoms with E-state index in [0.717, 1.165) is 0 Å².